The molecule has 0 spiro atoms. The number of pyridine rings is 5. The number of amides is 4. The van der Waals surface area contributed by atoms with Gasteiger partial charge in [-0.15, -0.1) is 0 Å². The smallest absolute Gasteiger partial charge is 0.352 e. The van der Waals surface area contributed by atoms with Crippen molar-refractivity contribution in [3.63, 3.8) is 0 Å². The third kappa shape index (κ3) is 21.9. The third-order valence-electron chi connectivity index (χ3n) is 16.6. The molecule has 8 aromatic rings. The van der Waals surface area contributed by atoms with Crippen LogP contribution in [0.25, 0.3) is 0 Å². The van der Waals surface area contributed by atoms with Gasteiger partial charge in [-0.2, -0.15) is 39.5 Å². The second kappa shape index (κ2) is 34.8. The van der Waals surface area contributed by atoms with Gasteiger partial charge in [0, 0.05) is 123 Å². The van der Waals surface area contributed by atoms with Crippen molar-refractivity contribution in [3.05, 3.63) is 254 Å². The number of carbonyl (C=O) groups excluding carboxylic acids is 4. The largest absolute Gasteiger partial charge is 0.419 e. The summed E-state index contributed by atoms with van der Waals surface area (Å²) in [5, 5.41) is 12.7. The fraction of sp³-hybridized carbons (Fsp3) is 0.267. The predicted octanol–water partition coefficient (Wildman–Crippen LogP) is 17.4. The first-order valence-corrected chi connectivity index (χ1v) is 33.7. The van der Waals surface area contributed by atoms with Crippen LogP contribution in [0.3, 0.4) is 0 Å². The zero-order valence-electron chi connectivity index (χ0n) is 56.6. The van der Waals surface area contributed by atoms with E-state index in [2.05, 4.69) is 88.9 Å². The lowest BCUT2D eigenvalue weighted by Crippen LogP contribution is -2.33. The van der Waals surface area contributed by atoms with Crippen LogP contribution < -0.4 is 40.9 Å². The van der Waals surface area contributed by atoms with E-state index in [1.54, 1.807) is 55.1 Å². The van der Waals surface area contributed by atoms with Gasteiger partial charge in [-0.1, -0.05) is 98.1 Å². The Balaban J connectivity index is 0.000000161. The van der Waals surface area contributed by atoms with E-state index in [-0.39, 0.29) is 54.2 Å². The summed E-state index contributed by atoms with van der Waals surface area (Å²) in [7, 11) is 0. The minimum atomic E-state index is -4.55. The molecule has 0 atom stereocenters. The Bertz CT molecular complexity index is 4310. The molecule has 0 unspecified atom stereocenters. The van der Waals surface area contributed by atoms with Gasteiger partial charge < -0.3 is 40.9 Å². The number of hydrogen-bond donors (Lipinski definition) is 4. The van der Waals surface area contributed by atoms with Crippen LogP contribution in [0.1, 0.15) is 74.3 Å². The molecular weight excluding hydrogens is 1420 g/mol. The Labute approximate surface area is 609 Å². The molecule has 0 saturated heterocycles. The van der Waals surface area contributed by atoms with Gasteiger partial charge in [0.05, 0.1) is 31.8 Å². The van der Waals surface area contributed by atoms with Gasteiger partial charge in [0.15, 0.2) is 0 Å². The summed E-state index contributed by atoms with van der Waals surface area (Å²) >= 11 is 18.5. The number of rotatable bonds is 12. The molecule has 5 aromatic heterocycles. The van der Waals surface area contributed by atoms with Gasteiger partial charge in [0.25, 0.3) is 23.6 Å². The number of nitrogens with zero attached hydrogens (tertiary/aromatic N) is 9. The number of anilines is 8. The third-order valence-corrected chi connectivity index (χ3v) is 17.5. The molecule has 29 heteroatoms. The highest BCUT2D eigenvalue weighted by atomic mass is 35.5. The molecule has 0 radical (unpaired) electrons. The second-order valence-corrected chi connectivity index (χ2v) is 26.2. The number of aryl methyl sites for hydroxylation is 1. The van der Waals surface area contributed by atoms with Crippen LogP contribution >= 0.6 is 34.8 Å². The Morgan fingerprint density at radius 3 is 0.962 bits per heavy atom. The van der Waals surface area contributed by atoms with Crippen LogP contribution in [0, 0.1) is 6.92 Å². The lowest BCUT2D eigenvalue weighted by molar-refractivity contribution is -0.138. The second-order valence-electron chi connectivity index (χ2n) is 25.0. The van der Waals surface area contributed by atoms with Crippen molar-refractivity contribution >= 4 is 105 Å². The Kier molecular flexibility index (Phi) is 26.0. The summed E-state index contributed by atoms with van der Waals surface area (Å²) in [5.74, 6) is 1.56. The number of hydrogen-bond acceptors (Lipinski definition) is 13. The number of halogens is 12. The summed E-state index contributed by atoms with van der Waals surface area (Å²) < 4.78 is 115. The summed E-state index contributed by atoms with van der Waals surface area (Å²) in [5.41, 5.74) is 3.76. The minimum Gasteiger partial charge on any atom is -0.352 e. The molecule has 0 bridgehead atoms. The number of carbonyl (C=O) groups is 4. The molecule has 544 valence electrons. The van der Waals surface area contributed by atoms with E-state index in [0.29, 0.717) is 95.5 Å². The fourth-order valence-corrected chi connectivity index (χ4v) is 11.6. The van der Waals surface area contributed by atoms with Gasteiger partial charge in [0.1, 0.15) is 29.1 Å². The molecule has 4 amide bonds. The lowest BCUT2D eigenvalue weighted by Gasteiger charge is -2.29. The van der Waals surface area contributed by atoms with Crippen molar-refractivity contribution in [1.29, 1.82) is 0 Å². The Hall–Kier alpha value is -10.3. The van der Waals surface area contributed by atoms with E-state index < -0.39 is 41.1 Å². The average molecular weight is 1500 g/mol. The van der Waals surface area contributed by atoms with E-state index in [1.807, 2.05) is 60.4 Å². The summed E-state index contributed by atoms with van der Waals surface area (Å²) in [4.78, 5) is 77.8. The molecule has 3 aromatic carbocycles. The maximum Gasteiger partial charge on any atom is 0.419 e. The highest BCUT2D eigenvalue weighted by molar-refractivity contribution is 6.33. The van der Waals surface area contributed by atoms with Crippen LogP contribution in [-0.2, 0) is 43.1 Å². The molecule has 12 rings (SSSR count). The maximum atomic E-state index is 13.1. The van der Waals surface area contributed by atoms with E-state index in [4.69, 9.17) is 34.8 Å². The summed E-state index contributed by atoms with van der Waals surface area (Å²) in [6.07, 6.45) is 3.76. The van der Waals surface area contributed by atoms with Crippen molar-refractivity contribution in [2.75, 3.05) is 93.2 Å². The molecule has 0 saturated carbocycles. The van der Waals surface area contributed by atoms with Gasteiger partial charge >= 0.3 is 18.5 Å². The summed E-state index contributed by atoms with van der Waals surface area (Å²) in [6.45, 7) is 12.4. The minimum absolute atomic E-state index is 0.0414. The van der Waals surface area contributed by atoms with Crippen LogP contribution in [0.5, 0.6) is 0 Å². The number of aromatic nitrogens is 5. The molecule has 104 heavy (non-hydrogen) atoms. The topological polar surface area (TPSA) is 194 Å². The van der Waals surface area contributed by atoms with E-state index in [9.17, 15) is 58.7 Å². The Morgan fingerprint density at radius 1 is 0.375 bits per heavy atom. The highest BCUT2D eigenvalue weighted by Gasteiger charge is 2.37. The van der Waals surface area contributed by atoms with Gasteiger partial charge in [0.2, 0.25) is 0 Å². The first kappa shape index (κ1) is 77.8. The zero-order valence-corrected chi connectivity index (χ0v) is 58.8. The molecule has 17 nitrogen and oxygen atoms in total. The lowest BCUT2D eigenvalue weighted by atomic mass is 9.87. The first-order chi connectivity index (χ1) is 49.4. The summed E-state index contributed by atoms with van der Waals surface area (Å²) in [6, 6.07) is 33.0. The highest BCUT2D eigenvalue weighted by Crippen LogP contribution is 2.38. The van der Waals surface area contributed by atoms with Crippen molar-refractivity contribution in [2.24, 2.45) is 0 Å². The van der Waals surface area contributed by atoms with Crippen molar-refractivity contribution in [1.82, 2.24) is 24.9 Å². The molecule has 0 aliphatic carbocycles. The number of benzene rings is 3. The van der Waals surface area contributed by atoms with Crippen molar-refractivity contribution in [3.8, 4) is 0 Å². The van der Waals surface area contributed by atoms with Gasteiger partial charge in [-0.25, -0.2) is 24.9 Å². The van der Waals surface area contributed by atoms with Gasteiger partial charge in [-0.05, 0) is 164 Å². The quantitative estimate of drug-likeness (QED) is 0.0845. The monoisotopic (exact) mass is 1490 g/mol. The average Bonchev–Trinajstić information content (AvgIpc) is 0.801. The zero-order chi connectivity index (χ0) is 74.9. The Morgan fingerprint density at radius 2 is 0.683 bits per heavy atom. The number of nitrogens with one attached hydrogen (secondary N) is 4. The van der Waals surface area contributed by atoms with Crippen molar-refractivity contribution < 1.29 is 58.7 Å². The standard InChI is InChI=1S/C21H24ClN3O.C19H15F6N3O.C18H15ClF3N3O.C17H17ClN4O/c1-21(2,3)16-6-8-17(9-7-16)24-20(26)15-10-13-25(14-11-15)19-18(22)5-4-12-23-19;20-18(21,22)13-3-5-14(6-4-13)27-17(29)12-7-10-28(11-8-12)16-15(19(23,24)25)2-1-9-26-16;19-15-2-1-9-23-16(15)25-10-7-12(8-11-25)17(26)24-14-5-3-13(4-6-14)18(20,21)22;1-12-4-5-15(20-11-12)21-17(23)13-6-9-22(10-7-13)16-14(18)3-2-8-19-16/h4-10,12H,11,13-14H2,1-3H3,(H,24,26);1-7,9H,8,10-11H2,(H,27,29);1-7,9H,8,10-11H2,(H,24,26);2-6,8,11H,7,9-10H2,1H3,(H,20,21,23). The van der Waals surface area contributed by atoms with Crippen LogP contribution in [0.2, 0.25) is 15.1 Å². The maximum absolute atomic E-state index is 13.1. The molecular formula is C75H71Cl3F9N13O4. The van der Waals surface area contributed by atoms with Gasteiger partial charge in [-0.3, -0.25) is 19.2 Å². The van der Waals surface area contributed by atoms with E-state index in [0.717, 1.165) is 83.0 Å². The molecule has 4 aliphatic rings. The fourth-order valence-electron chi connectivity index (χ4n) is 10.9. The first-order valence-electron chi connectivity index (χ1n) is 32.6. The van der Waals surface area contributed by atoms with Crippen molar-refractivity contribution in [2.45, 2.75) is 77.3 Å². The number of alkyl halides is 9. The molecule has 4 N–H and O–H groups in total. The predicted molar refractivity (Wildman–Crippen MR) is 388 cm³/mol. The van der Waals surface area contributed by atoms with E-state index >= 15 is 0 Å². The van der Waals surface area contributed by atoms with E-state index in [1.165, 1.54) is 40.9 Å². The molecule has 4 aliphatic heterocycles. The molecule has 0 fully saturated rings. The SMILES string of the molecule is CC(C)(C)c1ccc(NC(=O)C2=CCN(c3ncccc3Cl)CC2)cc1.Cc1ccc(NC(=O)C2=CCN(c3ncccc3Cl)CC2)nc1.O=C(Nc1ccc(C(F)(F)F)cc1)C1=CCN(c2ncccc2C(F)(F)F)CC1.O=C(Nc1ccc(C(F)(F)F)cc1)C1=CCN(c2ncccc2Cl)CC1. The van der Waals surface area contributed by atoms with Crippen LogP contribution in [0.15, 0.2) is 211 Å². The van der Waals surface area contributed by atoms with Crippen LogP contribution in [0.4, 0.5) is 85.7 Å². The molecule has 9 heterocycles. The normalized spacial score (nSPS) is 14.8. The van der Waals surface area contributed by atoms with Crippen LogP contribution in [-0.4, -0.2) is 101 Å².